The lowest BCUT2D eigenvalue weighted by atomic mass is 10.0. The number of allylic oxidation sites excluding steroid dienone is 2. The highest BCUT2D eigenvalue weighted by Crippen LogP contribution is 2.14. The van der Waals surface area contributed by atoms with Crippen LogP contribution in [-0.2, 0) is 0 Å². The molecule has 1 aromatic rings. The fraction of sp³-hybridized carbons (Fsp3) is 0.286. The van der Waals surface area contributed by atoms with Gasteiger partial charge in [-0.3, -0.25) is 4.79 Å². The monoisotopic (exact) mass is 230 g/mol. The lowest BCUT2D eigenvalue weighted by Crippen LogP contribution is -2.17. The Hall–Kier alpha value is -1.90. The minimum atomic E-state index is -0.193. The van der Waals surface area contributed by atoms with Crippen molar-refractivity contribution in [1.82, 2.24) is 5.43 Å². The maximum absolute atomic E-state index is 11.6. The summed E-state index contributed by atoms with van der Waals surface area (Å²) in [4.78, 5) is 11.6. The summed E-state index contributed by atoms with van der Waals surface area (Å²) in [7, 11) is 0. The van der Waals surface area contributed by atoms with Gasteiger partial charge in [0.1, 0.15) is 0 Å². The van der Waals surface area contributed by atoms with E-state index in [-0.39, 0.29) is 5.91 Å². The van der Waals surface area contributed by atoms with Crippen molar-refractivity contribution < 1.29 is 4.79 Å². The highest BCUT2D eigenvalue weighted by atomic mass is 16.2. The first kappa shape index (κ1) is 13.2. The van der Waals surface area contributed by atoms with Gasteiger partial charge in [0, 0.05) is 11.8 Å². The minimum absolute atomic E-state index is 0.193. The molecule has 3 nitrogen and oxygen atoms in total. The van der Waals surface area contributed by atoms with E-state index in [4.69, 9.17) is 0 Å². The van der Waals surface area contributed by atoms with E-state index in [0.717, 1.165) is 0 Å². The van der Waals surface area contributed by atoms with E-state index in [1.54, 1.807) is 12.3 Å². The van der Waals surface area contributed by atoms with Crippen molar-refractivity contribution in [2.75, 3.05) is 0 Å². The molecule has 0 aliphatic rings. The van der Waals surface area contributed by atoms with Crippen molar-refractivity contribution in [3.8, 4) is 0 Å². The largest absolute Gasteiger partial charge is 0.271 e. The van der Waals surface area contributed by atoms with Gasteiger partial charge in [-0.05, 0) is 36.6 Å². The molecule has 1 aromatic carbocycles. The number of hydrogen-bond donors (Lipinski definition) is 1. The summed E-state index contributed by atoms with van der Waals surface area (Å²) in [6, 6.07) is 7.57. The van der Waals surface area contributed by atoms with Gasteiger partial charge in [-0.1, -0.05) is 32.1 Å². The van der Waals surface area contributed by atoms with Crippen molar-refractivity contribution in [2.45, 2.75) is 26.7 Å². The number of nitrogens with one attached hydrogen (secondary N) is 1. The standard InChI is InChI=1S/C14H18N2O/c1-4-5-10-15-16-14(17)13-8-6-12(7-9-13)11(2)3/h4-11H,1-3H3,(H,16,17)/b5-4+,15-10+. The third-order valence-electron chi connectivity index (χ3n) is 2.36. The Kier molecular flexibility index (Phi) is 5.14. The molecule has 1 rings (SSSR count). The molecule has 1 N–H and O–H groups in total. The van der Waals surface area contributed by atoms with E-state index in [0.29, 0.717) is 11.5 Å². The van der Waals surface area contributed by atoms with Crippen LogP contribution in [0.25, 0.3) is 0 Å². The first-order valence-electron chi connectivity index (χ1n) is 5.69. The van der Waals surface area contributed by atoms with Crippen molar-refractivity contribution in [1.29, 1.82) is 0 Å². The number of rotatable bonds is 4. The van der Waals surface area contributed by atoms with Crippen LogP contribution in [0.2, 0.25) is 0 Å². The molecule has 0 heterocycles. The molecule has 0 aliphatic carbocycles. The van der Waals surface area contributed by atoms with Crippen LogP contribution in [0.15, 0.2) is 41.5 Å². The molecule has 0 aliphatic heterocycles. The molecule has 1 amide bonds. The topological polar surface area (TPSA) is 41.5 Å². The smallest absolute Gasteiger partial charge is 0.267 e. The van der Waals surface area contributed by atoms with Gasteiger partial charge in [0.25, 0.3) is 5.91 Å². The van der Waals surface area contributed by atoms with Gasteiger partial charge in [0.15, 0.2) is 0 Å². The van der Waals surface area contributed by atoms with E-state index >= 15 is 0 Å². The quantitative estimate of drug-likeness (QED) is 0.626. The summed E-state index contributed by atoms with van der Waals surface area (Å²) in [5.74, 6) is 0.279. The number of hydrogen-bond acceptors (Lipinski definition) is 2. The van der Waals surface area contributed by atoms with Gasteiger partial charge in [-0.2, -0.15) is 5.10 Å². The Labute approximate surface area is 102 Å². The Morgan fingerprint density at radius 2 is 1.94 bits per heavy atom. The van der Waals surface area contributed by atoms with E-state index in [9.17, 15) is 4.79 Å². The highest BCUT2D eigenvalue weighted by molar-refractivity contribution is 5.94. The molecule has 0 atom stereocenters. The molecular formula is C14H18N2O. The number of benzene rings is 1. The van der Waals surface area contributed by atoms with Gasteiger partial charge in [-0.15, -0.1) is 0 Å². The second kappa shape index (κ2) is 6.63. The van der Waals surface area contributed by atoms with Crippen LogP contribution in [0.4, 0.5) is 0 Å². The van der Waals surface area contributed by atoms with Crippen LogP contribution in [0.5, 0.6) is 0 Å². The summed E-state index contributed by atoms with van der Waals surface area (Å²) >= 11 is 0. The van der Waals surface area contributed by atoms with Crippen molar-refractivity contribution in [3.05, 3.63) is 47.5 Å². The minimum Gasteiger partial charge on any atom is -0.267 e. The van der Waals surface area contributed by atoms with Crippen LogP contribution in [0.1, 0.15) is 42.6 Å². The van der Waals surface area contributed by atoms with Crippen LogP contribution in [0.3, 0.4) is 0 Å². The number of amides is 1. The molecule has 0 spiro atoms. The Morgan fingerprint density at radius 1 is 1.29 bits per heavy atom. The second-order valence-corrected chi connectivity index (χ2v) is 4.02. The van der Waals surface area contributed by atoms with Crippen LogP contribution in [-0.4, -0.2) is 12.1 Å². The van der Waals surface area contributed by atoms with Gasteiger partial charge < -0.3 is 0 Å². The molecular weight excluding hydrogens is 212 g/mol. The molecule has 3 heteroatoms. The Balaban J connectivity index is 2.63. The number of nitrogens with zero attached hydrogens (tertiary/aromatic N) is 1. The van der Waals surface area contributed by atoms with E-state index in [1.165, 1.54) is 5.56 Å². The first-order valence-corrected chi connectivity index (χ1v) is 5.69. The lowest BCUT2D eigenvalue weighted by molar-refractivity contribution is 0.0955. The third kappa shape index (κ3) is 4.23. The van der Waals surface area contributed by atoms with Gasteiger partial charge >= 0.3 is 0 Å². The number of carbonyl (C=O) groups is 1. The van der Waals surface area contributed by atoms with E-state index < -0.39 is 0 Å². The zero-order chi connectivity index (χ0) is 12.7. The maximum Gasteiger partial charge on any atom is 0.271 e. The highest BCUT2D eigenvalue weighted by Gasteiger charge is 2.04. The SMILES string of the molecule is C/C=C/C=N/NC(=O)c1ccc(C(C)C)cc1. The normalized spacial score (nSPS) is 11.5. The first-order chi connectivity index (χ1) is 8.15. The number of carbonyl (C=O) groups excluding carboxylic acids is 1. The second-order valence-electron chi connectivity index (χ2n) is 4.02. The molecule has 0 saturated carbocycles. The molecule has 17 heavy (non-hydrogen) atoms. The van der Waals surface area contributed by atoms with Crippen LogP contribution in [0, 0.1) is 0 Å². The summed E-state index contributed by atoms with van der Waals surface area (Å²) in [6.45, 7) is 6.13. The van der Waals surface area contributed by atoms with Gasteiger partial charge in [-0.25, -0.2) is 5.43 Å². The predicted molar refractivity (Wildman–Crippen MR) is 71.3 cm³/mol. The van der Waals surface area contributed by atoms with Crippen molar-refractivity contribution in [3.63, 3.8) is 0 Å². The average molecular weight is 230 g/mol. The number of hydrazone groups is 1. The van der Waals surface area contributed by atoms with E-state index in [2.05, 4.69) is 24.4 Å². The fourth-order valence-corrected chi connectivity index (χ4v) is 1.31. The average Bonchev–Trinajstić information content (AvgIpc) is 2.34. The molecule has 0 unspecified atom stereocenters. The molecule has 0 bridgehead atoms. The maximum atomic E-state index is 11.6. The predicted octanol–water partition coefficient (Wildman–Crippen LogP) is 3.10. The molecule has 0 aromatic heterocycles. The van der Waals surface area contributed by atoms with Crippen LogP contribution >= 0.6 is 0 Å². The molecule has 0 fully saturated rings. The van der Waals surface area contributed by atoms with Crippen molar-refractivity contribution >= 4 is 12.1 Å². The summed E-state index contributed by atoms with van der Waals surface area (Å²) < 4.78 is 0. The fourth-order valence-electron chi connectivity index (χ4n) is 1.31. The summed E-state index contributed by atoms with van der Waals surface area (Å²) in [5, 5.41) is 3.78. The van der Waals surface area contributed by atoms with Gasteiger partial charge in [0.2, 0.25) is 0 Å². The van der Waals surface area contributed by atoms with Crippen molar-refractivity contribution in [2.24, 2.45) is 5.10 Å². The lowest BCUT2D eigenvalue weighted by Gasteiger charge is -2.05. The molecule has 0 radical (unpaired) electrons. The molecule has 90 valence electrons. The third-order valence-corrected chi connectivity index (χ3v) is 2.36. The zero-order valence-electron chi connectivity index (χ0n) is 10.5. The summed E-state index contributed by atoms with van der Waals surface area (Å²) in [5.41, 5.74) is 4.30. The Morgan fingerprint density at radius 3 is 2.47 bits per heavy atom. The molecule has 0 saturated heterocycles. The zero-order valence-corrected chi connectivity index (χ0v) is 10.5. The summed E-state index contributed by atoms with van der Waals surface area (Å²) in [6.07, 6.45) is 5.13. The van der Waals surface area contributed by atoms with E-state index in [1.807, 2.05) is 37.3 Å². The Bertz CT molecular complexity index is 416. The van der Waals surface area contributed by atoms with Crippen LogP contribution < -0.4 is 5.43 Å². The van der Waals surface area contributed by atoms with Gasteiger partial charge in [0.05, 0.1) is 0 Å².